The molecule has 1 aromatic heterocycles. The molecule has 0 amide bonds. The van der Waals surface area contributed by atoms with Crippen LogP contribution in [0.3, 0.4) is 0 Å². The van der Waals surface area contributed by atoms with Gasteiger partial charge in [0.1, 0.15) is 0 Å². The van der Waals surface area contributed by atoms with Crippen LogP contribution in [0, 0.1) is 0 Å². The van der Waals surface area contributed by atoms with Crippen LogP contribution >= 0.6 is 22.9 Å². The lowest BCUT2D eigenvalue weighted by atomic mass is 9.85. The number of sulfonamides is 1. The van der Waals surface area contributed by atoms with Gasteiger partial charge in [0, 0.05) is 26.7 Å². The van der Waals surface area contributed by atoms with Gasteiger partial charge in [-0.1, -0.05) is 36.6 Å². The fourth-order valence-corrected chi connectivity index (χ4v) is 6.19. The summed E-state index contributed by atoms with van der Waals surface area (Å²) in [5, 5.41) is 10.3. The first-order chi connectivity index (χ1) is 12.3. The van der Waals surface area contributed by atoms with Crippen LogP contribution in [0.1, 0.15) is 54.0 Å². The van der Waals surface area contributed by atoms with Gasteiger partial charge in [-0.05, 0) is 49.6 Å². The maximum atomic E-state index is 12.6. The molecule has 1 aliphatic carbocycles. The van der Waals surface area contributed by atoms with Crippen LogP contribution in [0.25, 0.3) is 0 Å². The first-order valence-electron chi connectivity index (χ1n) is 8.80. The van der Waals surface area contributed by atoms with Crippen LogP contribution in [0.5, 0.6) is 0 Å². The number of halogens is 1. The van der Waals surface area contributed by atoms with Gasteiger partial charge in [-0.25, -0.2) is 13.1 Å². The molecule has 1 unspecified atom stereocenters. The highest BCUT2D eigenvalue weighted by Crippen LogP contribution is 2.44. The van der Waals surface area contributed by atoms with Crippen LogP contribution in [0.15, 0.2) is 36.4 Å². The van der Waals surface area contributed by atoms with Gasteiger partial charge >= 0.3 is 0 Å². The smallest absolute Gasteiger partial charge is 0.215 e. The number of hydrogen-bond acceptors (Lipinski definition) is 4. The monoisotopic (exact) mass is 413 g/mol. The molecule has 3 rings (SSSR count). The number of aliphatic hydroxyl groups excluding tert-OH is 1. The van der Waals surface area contributed by atoms with Crippen molar-refractivity contribution < 1.29 is 13.5 Å². The van der Waals surface area contributed by atoms with Crippen molar-refractivity contribution in [1.82, 2.24) is 4.72 Å². The second-order valence-electron chi connectivity index (χ2n) is 7.08. The van der Waals surface area contributed by atoms with Crippen LogP contribution in [-0.2, 0) is 21.2 Å². The summed E-state index contributed by atoms with van der Waals surface area (Å²) in [5.74, 6) is -0.0764. The zero-order chi connectivity index (χ0) is 18.8. The van der Waals surface area contributed by atoms with E-state index in [9.17, 15) is 13.5 Å². The summed E-state index contributed by atoms with van der Waals surface area (Å²) < 4.78 is 27.9. The zero-order valence-corrected chi connectivity index (χ0v) is 17.1. The van der Waals surface area contributed by atoms with Gasteiger partial charge < -0.3 is 5.11 Å². The minimum atomic E-state index is -3.45. The summed E-state index contributed by atoms with van der Waals surface area (Å²) in [7, 11) is -3.45. The molecule has 0 bridgehead atoms. The van der Waals surface area contributed by atoms with Crippen molar-refractivity contribution in [3.63, 3.8) is 0 Å². The van der Waals surface area contributed by atoms with E-state index in [0.717, 1.165) is 35.4 Å². The number of rotatable bonds is 7. The second kappa shape index (κ2) is 7.98. The van der Waals surface area contributed by atoms with E-state index in [-0.39, 0.29) is 11.2 Å². The van der Waals surface area contributed by atoms with E-state index in [2.05, 4.69) is 4.72 Å². The van der Waals surface area contributed by atoms with Gasteiger partial charge in [0.2, 0.25) is 10.0 Å². The Morgan fingerprint density at radius 1 is 1.27 bits per heavy atom. The van der Waals surface area contributed by atoms with Gasteiger partial charge in [-0.2, -0.15) is 0 Å². The fraction of sp³-hybridized carbons (Fsp3) is 0.474. The van der Waals surface area contributed by atoms with Crippen LogP contribution < -0.4 is 4.72 Å². The minimum Gasteiger partial charge on any atom is -0.388 e. The van der Waals surface area contributed by atoms with Crippen LogP contribution in [-0.4, -0.2) is 20.1 Å². The van der Waals surface area contributed by atoms with Crippen LogP contribution in [0.2, 0.25) is 5.02 Å². The summed E-state index contributed by atoms with van der Waals surface area (Å²) in [6.45, 7) is 2.15. The lowest BCUT2D eigenvalue weighted by Crippen LogP contribution is -2.39. The Labute approximate surface area is 164 Å². The largest absolute Gasteiger partial charge is 0.388 e. The van der Waals surface area contributed by atoms with Gasteiger partial charge in [0.15, 0.2) is 0 Å². The predicted octanol–water partition coefficient (Wildman–Crippen LogP) is 4.39. The standard InChI is InChI=1S/C19H24ClNO3S2/c1-14(22)17-7-8-18(25-17)19(9-2-3-10-19)13-21-26(23,24)12-15-5-4-6-16(20)11-15/h4-8,11,14,21-22H,2-3,9-10,12-13H2,1H3. The molecule has 1 aromatic carbocycles. The van der Waals surface area contributed by atoms with Gasteiger partial charge in [0.25, 0.3) is 0 Å². The third-order valence-electron chi connectivity index (χ3n) is 5.00. The average molecular weight is 414 g/mol. The Morgan fingerprint density at radius 2 is 2.00 bits per heavy atom. The first kappa shape index (κ1) is 19.8. The lowest BCUT2D eigenvalue weighted by molar-refractivity contribution is 0.203. The fourth-order valence-electron chi connectivity index (χ4n) is 3.57. The summed E-state index contributed by atoms with van der Waals surface area (Å²) >= 11 is 7.54. The molecule has 2 N–H and O–H groups in total. The second-order valence-corrected chi connectivity index (χ2v) is 10.4. The molecule has 7 heteroatoms. The van der Waals surface area contributed by atoms with Crippen LogP contribution in [0.4, 0.5) is 0 Å². The highest BCUT2D eigenvalue weighted by atomic mass is 35.5. The molecule has 0 spiro atoms. The Hall–Kier alpha value is -0.920. The highest BCUT2D eigenvalue weighted by Gasteiger charge is 2.38. The van der Waals surface area contributed by atoms with E-state index in [1.54, 1.807) is 42.5 Å². The molecule has 1 atom stereocenters. The highest BCUT2D eigenvalue weighted by molar-refractivity contribution is 7.88. The summed E-state index contributed by atoms with van der Waals surface area (Å²) in [6, 6.07) is 10.9. The van der Waals surface area contributed by atoms with Crippen molar-refractivity contribution in [3.8, 4) is 0 Å². The Morgan fingerprint density at radius 3 is 2.62 bits per heavy atom. The molecule has 2 aromatic rings. The Bertz CT molecular complexity index is 855. The third-order valence-corrected chi connectivity index (χ3v) is 8.03. The van der Waals surface area contributed by atoms with E-state index in [0.29, 0.717) is 17.1 Å². The van der Waals surface area contributed by atoms with Gasteiger partial charge in [-0.15, -0.1) is 11.3 Å². The summed E-state index contributed by atoms with van der Waals surface area (Å²) in [4.78, 5) is 2.09. The number of hydrogen-bond donors (Lipinski definition) is 2. The summed E-state index contributed by atoms with van der Waals surface area (Å²) in [6.07, 6.45) is 3.63. The molecule has 0 radical (unpaired) electrons. The Balaban J connectivity index is 1.74. The van der Waals surface area contributed by atoms with Gasteiger partial charge in [0.05, 0.1) is 11.9 Å². The van der Waals surface area contributed by atoms with E-state index in [1.165, 1.54) is 0 Å². The van der Waals surface area contributed by atoms with Crippen molar-refractivity contribution >= 4 is 33.0 Å². The van der Waals surface area contributed by atoms with Crippen molar-refractivity contribution in [2.45, 2.75) is 49.9 Å². The predicted molar refractivity (Wildman–Crippen MR) is 107 cm³/mol. The lowest BCUT2D eigenvalue weighted by Gasteiger charge is -2.28. The third kappa shape index (κ3) is 4.67. The molecule has 0 aliphatic heterocycles. The molecule has 0 saturated heterocycles. The molecule has 4 nitrogen and oxygen atoms in total. The maximum Gasteiger partial charge on any atom is 0.215 e. The molecule has 142 valence electrons. The molecule has 1 saturated carbocycles. The zero-order valence-electron chi connectivity index (χ0n) is 14.7. The van der Waals surface area contributed by atoms with Crippen molar-refractivity contribution in [2.75, 3.05) is 6.54 Å². The average Bonchev–Trinajstić information content (AvgIpc) is 3.23. The topological polar surface area (TPSA) is 66.4 Å². The normalized spacial score (nSPS) is 18.1. The SMILES string of the molecule is CC(O)c1ccc(C2(CNS(=O)(=O)Cc3cccc(Cl)c3)CCCC2)s1. The Kier molecular flexibility index (Phi) is 6.09. The van der Waals surface area contributed by atoms with Crippen molar-refractivity contribution in [3.05, 3.63) is 56.7 Å². The maximum absolute atomic E-state index is 12.6. The number of aliphatic hydroxyl groups is 1. The quantitative estimate of drug-likeness (QED) is 0.707. The van der Waals surface area contributed by atoms with Crippen molar-refractivity contribution in [2.24, 2.45) is 0 Å². The van der Waals surface area contributed by atoms with E-state index < -0.39 is 16.1 Å². The molecule has 1 aliphatic rings. The minimum absolute atomic E-state index is 0.0764. The van der Waals surface area contributed by atoms with Gasteiger partial charge in [-0.3, -0.25) is 0 Å². The summed E-state index contributed by atoms with van der Waals surface area (Å²) in [5.41, 5.74) is 0.511. The number of benzene rings is 1. The van der Waals surface area contributed by atoms with E-state index in [4.69, 9.17) is 11.6 Å². The van der Waals surface area contributed by atoms with E-state index in [1.807, 2.05) is 12.1 Å². The molecule has 1 heterocycles. The first-order valence-corrected chi connectivity index (χ1v) is 11.6. The molecular formula is C19H24ClNO3S2. The van der Waals surface area contributed by atoms with Crippen molar-refractivity contribution in [1.29, 1.82) is 0 Å². The number of nitrogens with one attached hydrogen (secondary N) is 1. The van der Waals surface area contributed by atoms with E-state index >= 15 is 0 Å². The molecular weight excluding hydrogens is 390 g/mol. The number of thiophene rings is 1. The molecule has 1 fully saturated rings. The molecule has 26 heavy (non-hydrogen) atoms.